The SMILES string of the molecule is c1ccc2c(c1)oc1c2ccc2c3cccc(-c4c5ccccc5c(-c5ccc6oc7c8ccsc8ccc7c6c5)c5ccccc45)c3oc21. The van der Waals surface area contributed by atoms with Crippen LogP contribution in [0.25, 0.3) is 120 Å². The van der Waals surface area contributed by atoms with Gasteiger partial charge in [0.1, 0.15) is 22.3 Å². The first kappa shape index (κ1) is 26.6. The molecule has 0 N–H and O–H groups in total. The summed E-state index contributed by atoms with van der Waals surface area (Å²) in [5, 5.41) is 14.6. The summed E-state index contributed by atoms with van der Waals surface area (Å²) in [6, 6.07) is 49.8. The van der Waals surface area contributed by atoms with E-state index in [-0.39, 0.29) is 0 Å². The fourth-order valence-corrected chi connectivity index (χ4v) is 9.18. The van der Waals surface area contributed by atoms with Crippen molar-refractivity contribution in [1.82, 2.24) is 0 Å². The van der Waals surface area contributed by atoms with Crippen LogP contribution in [0.5, 0.6) is 0 Å². The van der Waals surface area contributed by atoms with Gasteiger partial charge in [-0.25, -0.2) is 0 Å². The summed E-state index contributed by atoms with van der Waals surface area (Å²) in [5.41, 5.74) is 9.78. The molecule has 0 aliphatic rings. The van der Waals surface area contributed by atoms with Gasteiger partial charge in [-0.15, -0.1) is 11.3 Å². The van der Waals surface area contributed by atoms with Crippen LogP contribution in [0.15, 0.2) is 158 Å². The second-order valence-electron chi connectivity index (χ2n) is 13.1. The van der Waals surface area contributed by atoms with Crippen LogP contribution in [0.4, 0.5) is 0 Å². The first-order valence-electron chi connectivity index (χ1n) is 16.8. The van der Waals surface area contributed by atoms with Gasteiger partial charge in [-0.1, -0.05) is 91.0 Å². The minimum atomic E-state index is 0.784. The van der Waals surface area contributed by atoms with Crippen molar-refractivity contribution >= 4 is 109 Å². The van der Waals surface area contributed by atoms with Crippen LogP contribution in [0.3, 0.4) is 0 Å². The van der Waals surface area contributed by atoms with Crippen LogP contribution in [0, 0.1) is 0 Å². The van der Waals surface area contributed by atoms with Gasteiger partial charge in [0.2, 0.25) is 0 Å². The Bertz CT molecular complexity index is 3330. The lowest BCUT2D eigenvalue weighted by Crippen LogP contribution is -1.91. The first-order chi connectivity index (χ1) is 24.8. The Hall–Kier alpha value is -6.36. The smallest absolute Gasteiger partial charge is 0.178 e. The third-order valence-corrected chi connectivity index (χ3v) is 11.4. The predicted molar refractivity (Wildman–Crippen MR) is 210 cm³/mol. The van der Waals surface area contributed by atoms with Crippen LogP contribution >= 0.6 is 11.3 Å². The monoisotopic (exact) mass is 656 g/mol. The van der Waals surface area contributed by atoms with E-state index in [2.05, 4.69) is 133 Å². The molecular formula is C46H24O3S. The molecule has 0 radical (unpaired) electrons. The number of fused-ring (bicyclic) bond motifs is 14. The summed E-state index contributed by atoms with van der Waals surface area (Å²) in [6.07, 6.45) is 0. The van der Waals surface area contributed by atoms with Crippen LogP contribution in [-0.4, -0.2) is 0 Å². The molecule has 8 aromatic carbocycles. The molecule has 12 rings (SSSR count). The lowest BCUT2D eigenvalue weighted by Gasteiger charge is -2.18. The fraction of sp³-hybridized carbons (Fsp3) is 0. The van der Waals surface area contributed by atoms with Gasteiger partial charge in [0.05, 0.1) is 0 Å². The van der Waals surface area contributed by atoms with E-state index in [0.29, 0.717) is 0 Å². The molecule has 232 valence electrons. The Morgan fingerprint density at radius 1 is 0.340 bits per heavy atom. The van der Waals surface area contributed by atoms with E-state index < -0.39 is 0 Å². The third-order valence-electron chi connectivity index (χ3n) is 10.6. The molecule has 0 atom stereocenters. The number of benzene rings is 8. The Balaban J connectivity index is 1.16. The molecule has 50 heavy (non-hydrogen) atoms. The molecule has 0 saturated heterocycles. The molecule has 4 heteroatoms. The van der Waals surface area contributed by atoms with Crippen molar-refractivity contribution in [2.45, 2.75) is 0 Å². The van der Waals surface area contributed by atoms with Crippen molar-refractivity contribution in [3.05, 3.63) is 145 Å². The fourth-order valence-electron chi connectivity index (χ4n) is 8.40. The van der Waals surface area contributed by atoms with Gasteiger partial charge in [0, 0.05) is 53.5 Å². The van der Waals surface area contributed by atoms with E-state index in [9.17, 15) is 0 Å². The van der Waals surface area contributed by atoms with Gasteiger partial charge in [-0.3, -0.25) is 0 Å². The quantitative estimate of drug-likeness (QED) is 0.174. The number of para-hydroxylation sites is 2. The molecule has 0 unspecified atom stereocenters. The molecular weight excluding hydrogens is 633 g/mol. The number of rotatable bonds is 2. The average Bonchev–Trinajstić information content (AvgIpc) is 3.96. The molecule has 0 aliphatic heterocycles. The minimum Gasteiger partial charge on any atom is -0.455 e. The molecule has 0 bridgehead atoms. The van der Waals surface area contributed by atoms with Crippen molar-refractivity contribution in [2.75, 3.05) is 0 Å². The van der Waals surface area contributed by atoms with E-state index in [1.54, 1.807) is 11.3 Å². The van der Waals surface area contributed by atoms with Gasteiger partial charge in [0.15, 0.2) is 11.2 Å². The largest absolute Gasteiger partial charge is 0.455 e. The molecule has 0 spiro atoms. The van der Waals surface area contributed by atoms with Gasteiger partial charge < -0.3 is 13.3 Å². The summed E-state index contributed by atoms with van der Waals surface area (Å²) in [4.78, 5) is 0. The Kier molecular flexibility index (Phi) is 5.12. The molecule has 4 heterocycles. The first-order valence-corrected chi connectivity index (χ1v) is 17.7. The van der Waals surface area contributed by atoms with Crippen LogP contribution < -0.4 is 0 Å². The second kappa shape index (κ2) is 9.63. The van der Waals surface area contributed by atoms with Gasteiger partial charge in [0.25, 0.3) is 0 Å². The predicted octanol–water partition coefficient (Wildman–Crippen LogP) is 14.2. The summed E-state index contributed by atoms with van der Waals surface area (Å²) in [6.45, 7) is 0. The van der Waals surface area contributed by atoms with Gasteiger partial charge in [-0.2, -0.15) is 0 Å². The van der Waals surface area contributed by atoms with Gasteiger partial charge >= 0.3 is 0 Å². The number of hydrogen-bond acceptors (Lipinski definition) is 4. The lowest BCUT2D eigenvalue weighted by molar-refractivity contribution is 0.634. The van der Waals surface area contributed by atoms with Crippen LogP contribution in [0.2, 0.25) is 0 Å². The van der Waals surface area contributed by atoms with E-state index in [1.165, 1.54) is 48.3 Å². The van der Waals surface area contributed by atoms with Crippen molar-refractivity contribution in [3.8, 4) is 22.3 Å². The normalized spacial score (nSPS) is 12.4. The van der Waals surface area contributed by atoms with Gasteiger partial charge in [-0.05, 0) is 86.6 Å². The molecule has 12 aromatic rings. The average molecular weight is 657 g/mol. The maximum absolute atomic E-state index is 6.89. The molecule has 3 nitrogen and oxygen atoms in total. The zero-order valence-electron chi connectivity index (χ0n) is 26.5. The van der Waals surface area contributed by atoms with E-state index in [0.717, 1.165) is 71.4 Å². The maximum Gasteiger partial charge on any atom is 0.178 e. The highest BCUT2D eigenvalue weighted by Crippen LogP contribution is 2.48. The van der Waals surface area contributed by atoms with E-state index in [4.69, 9.17) is 13.3 Å². The van der Waals surface area contributed by atoms with Crippen molar-refractivity contribution in [3.63, 3.8) is 0 Å². The lowest BCUT2D eigenvalue weighted by atomic mass is 9.85. The Morgan fingerprint density at radius 3 is 1.72 bits per heavy atom. The highest BCUT2D eigenvalue weighted by molar-refractivity contribution is 7.17. The Labute approximate surface area is 288 Å². The van der Waals surface area contributed by atoms with Crippen molar-refractivity contribution < 1.29 is 13.3 Å². The highest BCUT2D eigenvalue weighted by Gasteiger charge is 2.22. The molecule has 0 fully saturated rings. The van der Waals surface area contributed by atoms with E-state index in [1.807, 2.05) is 12.1 Å². The molecule has 0 amide bonds. The maximum atomic E-state index is 6.89. The third kappa shape index (κ3) is 3.43. The van der Waals surface area contributed by atoms with Crippen LogP contribution in [-0.2, 0) is 0 Å². The molecule has 4 aromatic heterocycles. The standard InChI is InChI=1S/C46H24O3S/c1-3-11-29-27(9-1)41(25-16-20-39-37(24-25)34-19-21-40-35(22-23-50-40)43(34)47-39)28-10-2-4-12-30(28)42(29)36-14-7-13-31-33-18-17-32-26-8-5-6-15-38(26)48-45(32)46(33)49-44(31)36/h1-24H. The summed E-state index contributed by atoms with van der Waals surface area (Å²) >= 11 is 1.75. The summed E-state index contributed by atoms with van der Waals surface area (Å²) in [5.74, 6) is 0. The molecule has 0 saturated carbocycles. The topological polar surface area (TPSA) is 39.4 Å². The second-order valence-corrected chi connectivity index (χ2v) is 14.1. The molecule has 0 aliphatic carbocycles. The highest BCUT2D eigenvalue weighted by atomic mass is 32.1. The van der Waals surface area contributed by atoms with Crippen molar-refractivity contribution in [2.24, 2.45) is 0 Å². The summed E-state index contributed by atoms with van der Waals surface area (Å²) in [7, 11) is 0. The zero-order chi connectivity index (χ0) is 32.5. The number of furan rings is 3. The Morgan fingerprint density at radius 2 is 0.920 bits per heavy atom. The minimum absolute atomic E-state index is 0.784. The van der Waals surface area contributed by atoms with Crippen molar-refractivity contribution in [1.29, 1.82) is 0 Å². The zero-order valence-corrected chi connectivity index (χ0v) is 27.3. The van der Waals surface area contributed by atoms with E-state index >= 15 is 0 Å². The van der Waals surface area contributed by atoms with Crippen LogP contribution in [0.1, 0.15) is 0 Å². The summed E-state index contributed by atoms with van der Waals surface area (Å²) < 4.78 is 21.0. The number of hydrogen-bond donors (Lipinski definition) is 0. The number of thiophene rings is 1.